The molecule has 40 heavy (non-hydrogen) atoms. The van der Waals surface area contributed by atoms with Gasteiger partial charge in [-0.25, -0.2) is 9.55 Å². The number of ether oxygens (including phenoxy) is 1. The molecule has 0 atom stereocenters. The van der Waals surface area contributed by atoms with Crippen LogP contribution in [-0.2, 0) is 22.9 Å². The minimum atomic E-state index is -3.74. The van der Waals surface area contributed by atoms with Crippen molar-refractivity contribution in [2.45, 2.75) is 130 Å². The SMILES string of the molecule is CCCCCCCCCCCOC1=CC(c2ccnc(NCCOP(=O)(OC(C)(C)C)OC(C)(C)C)c2)=CCC1. The Labute approximate surface area is 244 Å². The van der Waals surface area contributed by atoms with Crippen LogP contribution in [0.2, 0.25) is 0 Å². The lowest BCUT2D eigenvalue weighted by Gasteiger charge is -2.30. The Kier molecular flexibility index (Phi) is 15.0. The van der Waals surface area contributed by atoms with E-state index in [1.165, 1.54) is 51.4 Å². The standard InChI is InChI=1S/C32H55N2O5P/c1-8-9-10-11-12-13-14-15-16-23-36-29-19-17-18-27(25-29)28-20-21-33-30(26-28)34-22-24-37-40(35,38-31(2,3)4)39-32(5,6)7/h18,20-21,25-26H,8-17,19,22-24H2,1-7H3,(H,33,34). The first kappa shape index (κ1) is 34.5. The predicted octanol–water partition coefficient (Wildman–Crippen LogP) is 9.86. The monoisotopic (exact) mass is 578 g/mol. The topological polar surface area (TPSA) is 78.9 Å². The molecule has 0 bridgehead atoms. The van der Waals surface area contributed by atoms with E-state index in [1.807, 2.05) is 53.7 Å². The van der Waals surface area contributed by atoms with Crippen LogP contribution >= 0.6 is 7.82 Å². The van der Waals surface area contributed by atoms with E-state index in [0.717, 1.165) is 48.6 Å². The van der Waals surface area contributed by atoms with Gasteiger partial charge in [-0.15, -0.1) is 0 Å². The van der Waals surface area contributed by atoms with Crippen LogP contribution in [0.1, 0.15) is 125 Å². The fourth-order valence-electron chi connectivity index (χ4n) is 4.39. The van der Waals surface area contributed by atoms with Crippen molar-refractivity contribution in [3.63, 3.8) is 0 Å². The molecule has 0 spiro atoms. The minimum Gasteiger partial charge on any atom is -0.498 e. The molecule has 0 radical (unpaired) electrons. The van der Waals surface area contributed by atoms with Crippen molar-refractivity contribution in [2.24, 2.45) is 0 Å². The van der Waals surface area contributed by atoms with Crippen LogP contribution in [0.15, 0.2) is 36.2 Å². The molecule has 8 heteroatoms. The van der Waals surface area contributed by atoms with Crippen LogP contribution in [0.5, 0.6) is 0 Å². The third-order valence-corrected chi connectivity index (χ3v) is 8.17. The summed E-state index contributed by atoms with van der Waals surface area (Å²) >= 11 is 0. The molecular weight excluding hydrogens is 523 g/mol. The van der Waals surface area contributed by atoms with Crippen LogP contribution in [0.3, 0.4) is 0 Å². The molecule has 0 saturated carbocycles. The van der Waals surface area contributed by atoms with Gasteiger partial charge in [-0.1, -0.05) is 64.4 Å². The fraction of sp³-hybridized carbons (Fsp3) is 0.719. The van der Waals surface area contributed by atoms with Gasteiger partial charge in [-0.05, 0) is 83.7 Å². The van der Waals surface area contributed by atoms with Crippen molar-refractivity contribution in [1.82, 2.24) is 4.98 Å². The molecule has 1 aromatic heterocycles. The number of aromatic nitrogens is 1. The normalized spacial score (nSPS) is 14.6. The molecule has 1 heterocycles. The Balaban J connectivity index is 1.79. The van der Waals surface area contributed by atoms with E-state index in [0.29, 0.717) is 6.54 Å². The molecule has 0 fully saturated rings. The van der Waals surface area contributed by atoms with E-state index < -0.39 is 19.0 Å². The first-order chi connectivity index (χ1) is 18.9. The van der Waals surface area contributed by atoms with E-state index in [1.54, 1.807) is 6.20 Å². The summed E-state index contributed by atoms with van der Waals surface area (Å²) in [4.78, 5) is 4.43. The van der Waals surface area contributed by atoms with E-state index in [2.05, 4.69) is 29.4 Å². The highest BCUT2D eigenvalue weighted by Gasteiger charge is 2.37. The number of nitrogens with zero attached hydrogens (tertiary/aromatic N) is 1. The quantitative estimate of drug-likeness (QED) is 0.129. The third-order valence-electron chi connectivity index (χ3n) is 6.13. The highest BCUT2D eigenvalue weighted by atomic mass is 31.2. The van der Waals surface area contributed by atoms with Gasteiger partial charge in [0, 0.05) is 19.2 Å². The second-order valence-corrected chi connectivity index (χ2v) is 14.0. The van der Waals surface area contributed by atoms with Gasteiger partial charge in [0.25, 0.3) is 0 Å². The molecule has 7 nitrogen and oxygen atoms in total. The number of unbranched alkanes of at least 4 members (excludes halogenated alkanes) is 8. The zero-order valence-electron chi connectivity index (χ0n) is 26.2. The Morgan fingerprint density at radius 1 is 0.900 bits per heavy atom. The Morgan fingerprint density at radius 3 is 2.15 bits per heavy atom. The minimum absolute atomic E-state index is 0.148. The molecule has 0 unspecified atom stereocenters. The van der Waals surface area contributed by atoms with Gasteiger partial charge in [-0.2, -0.15) is 0 Å². The van der Waals surface area contributed by atoms with E-state index >= 15 is 0 Å². The number of pyridine rings is 1. The molecule has 1 aromatic rings. The second-order valence-electron chi connectivity index (χ2n) is 12.5. The molecule has 0 saturated heterocycles. The first-order valence-electron chi connectivity index (χ1n) is 15.3. The molecule has 228 valence electrons. The lowest BCUT2D eigenvalue weighted by molar-refractivity contribution is 0.00457. The lowest BCUT2D eigenvalue weighted by atomic mass is 9.99. The van der Waals surface area contributed by atoms with Crippen LogP contribution in [0.25, 0.3) is 5.57 Å². The number of hydrogen-bond acceptors (Lipinski definition) is 7. The number of phosphoric ester groups is 1. The third kappa shape index (κ3) is 15.4. The summed E-state index contributed by atoms with van der Waals surface area (Å²) < 4.78 is 36.3. The first-order valence-corrected chi connectivity index (χ1v) is 16.8. The summed E-state index contributed by atoms with van der Waals surface area (Å²) in [6.07, 6.45) is 19.9. The van der Waals surface area contributed by atoms with Gasteiger partial charge in [0.05, 0.1) is 30.2 Å². The van der Waals surface area contributed by atoms with Gasteiger partial charge in [0.2, 0.25) is 0 Å². The summed E-state index contributed by atoms with van der Waals surface area (Å²) in [5, 5.41) is 3.26. The number of allylic oxidation sites excluding steroid dienone is 4. The average Bonchev–Trinajstić information content (AvgIpc) is 2.86. The Morgan fingerprint density at radius 2 is 1.52 bits per heavy atom. The largest absolute Gasteiger partial charge is 0.498 e. The van der Waals surface area contributed by atoms with Gasteiger partial charge in [0.15, 0.2) is 0 Å². The van der Waals surface area contributed by atoms with E-state index in [-0.39, 0.29) is 6.61 Å². The number of hydrogen-bond donors (Lipinski definition) is 1. The van der Waals surface area contributed by atoms with Crippen molar-refractivity contribution in [2.75, 3.05) is 25.1 Å². The maximum absolute atomic E-state index is 13.2. The van der Waals surface area contributed by atoms with Gasteiger partial charge in [-0.3, -0.25) is 13.6 Å². The van der Waals surface area contributed by atoms with Crippen molar-refractivity contribution >= 4 is 19.2 Å². The van der Waals surface area contributed by atoms with Gasteiger partial charge >= 0.3 is 7.82 Å². The molecule has 0 aliphatic heterocycles. The van der Waals surface area contributed by atoms with Crippen LogP contribution in [0.4, 0.5) is 5.82 Å². The van der Waals surface area contributed by atoms with E-state index in [9.17, 15) is 4.57 Å². The summed E-state index contributed by atoms with van der Waals surface area (Å²) in [6, 6.07) is 4.03. The summed E-state index contributed by atoms with van der Waals surface area (Å²) in [5.41, 5.74) is 0.903. The Hall–Kier alpha value is -1.66. The summed E-state index contributed by atoms with van der Waals surface area (Å²) in [7, 11) is -3.74. The summed E-state index contributed by atoms with van der Waals surface area (Å²) in [5.74, 6) is 1.78. The van der Waals surface area contributed by atoms with Crippen molar-refractivity contribution in [1.29, 1.82) is 0 Å². The molecule has 1 aliphatic carbocycles. The Bertz CT molecular complexity index is 958. The molecule has 2 rings (SSSR count). The zero-order chi connectivity index (χ0) is 29.5. The smallest absolute Gasteiger partial charge is 0.475 e. The van der Waals surface area contributed by atoms with Crippen molar-refractivity contribution < 1.29 is 22.9 Å². The van der Waals surface area contributed by atoms with Crippen molar-refractivity contribution in [3.05, 3.63) is 41.8 Å². The van der Waals surface area contributed by atoms with Crippen LogP contribution < -0.4 is 5.32 Å². The number of phosphoric acid groups is 1. The van der Waals surface area contributed by atoms with Crippen LogP contribution in [-0.4, -0.2) is 35.9 Å². The van der Waals surface area contributed by atoms with Gasteiger partial charge < -0.3 is 10.1 Å². The lowest BCUT2D eigenvalue weighted by Crippen LogP contribution is -2.25. The second kappa shape index (κ2) is 17.3. The predicted molar refractivity (Wildman–Crippen MR) is 166 cm³/mol. The fourth-order valence-corrected chi connectivity index (χ4v) is 6.19. The van der Waals surface area contributed by atoms with Crippen LogP contribution in [0, 0.1) is 0 Å². The zero-order valence-corrected chi connectivity index (χ0v) is 27.1. The van der Waals surface area contributed by atoms with Gasteiger partial charge in [0.1, 0.15) is 5.82 Å². The number of nitrogens with one attached hydrogen (secondary N) is 1. The molecular formula is C32H55N2O5P. The van der Waals surface area contributed by atoms with E-state index in [4.69, 9.17) is 18.3 Å². The summed E-state index contributed by atoms with van der Waals surface area (Å²) in [6.45, 7) is 14.6. The molecule has 1 aliphatic rings. The van der Waals surface area contributed by atoms with Crippen molar-refractivity contribution in [3.8, 4) is 0 Å². The molecule has 0 aromatic carbocycles. The highest BCUT2D eigenvalue weighted by Crippen LogP contribution is 2.55. The highest BCUT2D eigenvalue weighted by molar-refractivity contribution is 7.48. The maximum atomic E-state index is 13.2. The molecule has 1 N–H and O–H groups in total. The average molecular weight is 579 g/mol. The number of rotatable bonds is 19. The maximum Gasteiger partial charge on any atom is 0.475 e. The molecule has 0 amide bonds. The number of anilines is 1.